The van der Waals surface area contributed by atoms with Crippen molar-refractivity contribution in [1.29, 1.82) is 0 Å². The zero-order chi connectivity index (χ0) is 27.6. The van der Waals surface area contributed by atoms with Crippen LogP contribution in [0.2, 0.25) is 5.02 Å². The van der Waals surface area contributed by atoms with Crippen LogP contribution in [0.25, 0.3) is 0 Å². The van der Waals surface area contributed by atoms with Crippen LogP contribution in [-0.4, -0.2) is 70.8 Å². The Morgan fingerprint density at radius 2 is 1.77 bits per heavy atom. The molecule has 2 aliphatic heterocycles. The molecule has 3 amide bonds. The van der Waals surface area contributed by atoms with Crippen molar-refractivity contribution < 1.29 is 9.59 Å². The fraction of sp³-hybridized carbons (Fsp3) is 0.633. The number of anilines is 3. The summed E-state index contributed by atoms with van der Waals surface area (Å²) in [5.74, 6) is 2.29. The molecule has 0 unspecified atom stereocenters. The molecule has 0 radical (unpaired) electrons. The van der Waals surface area contributed by atoms with Crippen molar-refractivity contribution in [1.82, 2.24) is 24.9 Å². The summed E-state index contributed by atoms with van der Waals surface area (Å²) in [4.78, 5) is 33.1. The van der Waals surface area contributed by atoms with Crippen LogP contribution in [0, 0.1) is 17.8 Å². The second kappa shape index (κ2) is 12.0. The van der Waals surface area contributed by atoms with Crippen LogP contribution in [0.5, 0.6) is 0 Å². The summed E-state index contributed by atoms with van der Waals surface area (Å²) in [6.07, 6.45) is 10.9. The molecule has 3 fully saturated rings. The number of amides is 3. The topological polar surface area (TPSA) is 85.7 Å². The van der Waals surface area contributed by atoms with E-state index in [2.05, 4.69) is 20.6 Å². The molecule has 1 aromatic carbocycles. The maximum atomic E-state index is 13.8. The average Bonchev–Trinajstić information content (AvgIpc) is 3.57. The fourth-order valence-electron chi connectivity index (χ4n) is 7.05. The molecule has 1 aromatic heterocycles. The first kappa shape index (κ1) is 27.4. The van der Waals surface area contributed by atoms with Crippen molar-refractivity contribution in [2.75, 3.05) is 49.5 Å². The molecule has 2 aromatic rings. The summed E-state index contributed by atoms with van der Waals surface area (Å²) in [6.45, 7) is 5.97. The van der Waals surface area contributed by atoms with Crippen molar-refractivity contribution in [3.8, 4) is 0 Å². The van der Waals surface area contributed by atoms with Crippen LogP contribution < -0.4 is 15.5 Å². The number of halogens is 1. The first-order valence-corrected chi connectivity index (χ1v) is 15.5. The SMILES string of the molecule is Cn1ncc2c1Nc1cc(Cl)ccc1N(C(=O)C1CCC(CNC(=O)N3CCN(CC4CCCC4)CC3)CC1)C2. The number of nitrogens with zero attached hydrogens (tertiary/aromatic N) is 5. The number of aromatic nitrogens is 2. The molecular weight excluding hydrogens is 526 g/mol. The number of hydrogen-bond donors (Lipinski definition) is 2. The van der Waals surface area contributed by atoms with Gasteiger partial charge in [0, 0.05) is 62.8 Å². The van der Waals surface area contributed by atoms with E-state index in [4.69, 9.17) is 11.6 Å². The lowest BCUT2D eigenvalue weighted by molar-refractivity contribution is -0.123. The van der Waals surface area contributed by atoms with Crippen molar-refractivity contribution in [2.24, 2.45) is 24.8 Å². The van der Waals surface area contributed by atoms with Gasteiger partial charge in [0.05, 0.1) is 24.1 Å². The summed E-state index contributed by atoms with van der Waals surface area (Å²) >= 11 is 6.30. The number of benzene rings is 1. The molecule has 3 heterocycles. The molecule has 2 N–H and O–H groups in total. The Kier molecular flexibility index (Phi) is 8.21. The number of carbonyl (C=O) groups excluding carboxylic acids is 2. The van der Waals surface area contributed by atoms with E-state index in [-0.39, 0.29) is 17.9 Å². The van der Waals surface area contributed by atoms with Crippen molar-refractivity contribution >= 4 is 40.7 Å². The Labute approximate surface area is 242 Å². The Balaban J connectivity index is 0.989. The molecule has 4 aliphatic rings. The molecule has 10 heteroatoms. The average molecular weight is 568 g/mol. The van der Waals surface area contributed by atoms with Gasteiger partial charge in [0.25, 0.3) is 0 Å². The number of fused-ring (bicyclic) bond motifs is 2. The summed E-state index contributed by atoms with van der Waals surface area (Å²) in [6, 6.07) is 5.70. The molecule has 40 heavy (non-hydrogen) atoms. The summed E-state index contributed by atoms with van der Waals surface area (Å²) in [5.41, 5.74) is 2.65. The highest BCUT2D eigenvalue weighted by Gasteiger charge is 2.34. The second-order valence-corrected chi connectivity index (χ2v) is 12.6. The van der Waals surface area contributed by atoms with E-state index < -0.39 is 0 Å². The van der Waals surface area contributed by atoms with Gasteiger partial charge in [-0.15, -0.1) is 0 Å². The number of piperazine rings is 1. The highest BCUT2D eigenvalue weighted by Crippen LogP contribution is 2.39. The van der Waals surface area contributed by atoms with Crippen LogP contribution in [0.1, 0.15) is 56.9 Å². The van der Waals surface area contributed by atoms with Gasteiger partial charge in [-0.3, -0.25) is 14.4 Å². The molecule has 1 saturated heterocycles. The molecule has 0 bridgehead atoms. The standard InChI is InChI=1S/C30H42ClN7O2/c1-35-28-24(18-33-35)20-38(27-11-10-25(31)16-26(27)34-28)29(39)23-8-6-21(7-9-23)17-32-30(40)37-14-12-36(13-15-37)19-22-4-2-3-5-22/h10-11,16,18,21-23,34H,2-9,12-15,17,19-20H2,1H3,(H,32,40). The Bertz CT molecular complexity index is 1210. The zero-order valence-corrected chi connectivity index (χ0v) is 24.3. The normalized spacial score (nSPS) is 23.8. The van der Waals surface area contributed by atoms with E-state index in [1.165, 1.54) is 32.2 Å². The lowest BCUT2D eigenvalue weighted by atomic mass is 9.81. The number of carbonyl (C=O) groups is 2. The van der Waals surface area contributed by atoms with E-state index in [1.54, 1.807) is 4.68 Å². The highest BCUT2D eigenvalue weighted by atomic mass is 35.5. The van der Waals surface area contributed by atoms with Crippen LogP contribution in [-0.2, 0) is 18.4 Å². The molecule has 216 valence electrons. The van der Waals surface area contributed by atoms with E-state index in [0.29, 0.717) is 24.0 Å². The predicted octanol–water partition coefficient (Wildman–Crippen LogP) is 4.99. The Morgan fingerprint density at radius 1 is 1.02 bits per heavy atom. The first-order valence-electron chi connectivity index (χ1n) is 15.1. The fourth-order valence-corrected chi connectivity index (χ4v) is 7.22. The summed E-state index contributed by atoms with van der Waals surface area (Å²) in [5, 5.41) is 11.6. The third-order valence-electron chi connectivity index (χ3n) is 9.50. The number of urea groups is 1. The lowest BCUT2D eigenvalue weighted by Gasteiger charge is -2.36. The summed E-state index contributed by atoms with van der Waals surface area (Å²) in [7, 11) is 1.89. The maximum Gasteiger partial charge on any atom is 0.317 e. The van der Waals surface area contributed by atoms with Gasteiger partial charge in [0.2, 0.25) is 5.91 Å². The quantitative estimate of drug-likeness (QED) is 0.532. The van der Waals surface area contributed by atoms with Gasteiger partial charge in [-0.2, -0.15) is 5.10 Å². The minimum Gasteiger partial charge on any atom is -0.338 e. The molecular formula is C30H42ClN7O2. The summed E-state index contributed by atoms with van der Waals surface area (Å²) < 4.78 is 1.80. The third kappa shape index (κ3) is 5.96. The van der Waals surface area contributed by atoms with Gasteiger partial charge in [-0.1, -0.05) is 24.4 Å². The third-order valence-corrected chi connectivity index (χ3v) is 9.74. The van der Waals surface area contributed by atoms with E-state index in [0.717, 1.165) is 80.5 Å². The van der Waals surface area contributed by atoms with Crippen LogP contribution in [0.4, 0.5) is 22.0 Å². The zero-order valence-electron chi connectivity index (χ0n) is 23.6. The van der Waals surface area contributed by atoms with Gasteiger partial charge >= 0.3 is 6.03 Å². The van der Waals surface area contributed by atoms with Gasteiger partial charge in [-0.25, -0.2) is 4.79 Å². The minimum atomic E-state index is -0.0263. The van der Waals surface area contributed by atoms with E-state index in [1.807, 2.05) is 41.2 Å². The number of rotatable bonds is 5. The van der Waals surface area contributed by atoms with E-state index in [9.17, 15) is 9.59 Å². The van der Waals surface area contributed by atoms with Crippen LogP contribution in [0.3, 0.4) is 0 Å². The molecule has 2 aliphatic carbocycles. The Hall–Kier alpha value is -2.78. The molecule has 6 rings (SSSR count). The van der Waals surface area contributed by atoms with Crippen LogP contribution in [0.15, 0.2) is 24.4 Å². The number of aryl methyl sites for hydroxylation is 1. The number of nitrogens with one attached hydrogen (secondary N) is 2. The molecule has 0 spiro atoms. The second-order valence-electron chi connectivity index (χ2n) is 12.2. The maximum absolute atomic E-state index is 13.8. The van der Waals surface area contributed by atoms with Crippen molar-refractivity contribution in [3.63, 3.8) is 0 Å². The lowest BCUT2D eigenvalue weighted by Crippen LogP contribution is -2.53. The van der Waals surface area contributed by atoms with Crippen LogP contribution >= 0.6 is 11.6 Å². The molecule has 2 saturated carbocycles. The minimum absolute atomic E-state index is 0.0263. The highest BCUT2D eigenvalue weighted by molar-refractivity contribution is 6.31. The van der Waals surface area contributed by atoms with Gasteiger partial charge < -0.3 is 20.4 Å². The van der Waals surface area contributed by atoms with Gasteiger partial charge in [-0.05, 0) is 68.6 Å². The van der Waals surface area contributed by atoms with Crippen molar-refractivity contribution in [2.45, 2.75) is 57.9 Å². The van der Waals surface area contributed by atoms with Gasteiger partial charge in [0.1, 0.15) is 5.82 Å². The molecule has 0 atom stereocenters. The van der Waals surface area contributed by atoms with Crippen molar-refractivity contribution in [3.05, 3.63) is 35.0 Å². The monoisotopic (exact) mass is 567 g/mol. The first-order chi connectivity index (χ1) is 19.4. The largest absolute Gasteiger partial charge is 0.338 e. The Morgan fingerprint density at radius 3 is 2.52 bits per heavy atom. The van der Waals surface area contributed by atoms with Gasteiger partial charge in [0.15, 0.2) is 0 Å². The number of hydrogen-bond acceptors (Lipinski definition) is 5. The van der Waals surface area contributed by atoms with E-state index >= 15 is 0 Å². The predicted molar refractivity (Wildman–Crippen MR) is 158 cm³/mol. The molecule has 9 nitrogen and oxygen atoms in total. The smallest absolute Gasteiger partial charge is 0.317 e.